The molecule has 2 amide bonds. The molecule has 3 N–H and O–H groups in total. The van der Waals surface area contributed by atoms with Gasteiger partial charge < -0.3 is 24.6 Å². The molecule has 0 aliphatic carbocycles. The number of carbonyl (C=O) groups excluding carboxylic acids is 2. The Kier molecular flexibility index (Phi) is 11.2. The average molecular weight is 569 g/mol. The molecule has 0 saturated carbocycles. The Bertz CT molecular complexity index is 888. The summed E-state index contributed by atoms with van der Waals surface area (Å²) in [6.45, 7) is 5.57. The number of aliphatic hydroxyl groups is 1. The highest BCUT2D eigenvalue weighted by atomic mass is 79.9. The number of unbranched alkanes of at least 4 members (excludes halogenated alkanes) is 2. The molecule has 2 heterocycles. The van der Waals surface area contributed by atoms with Crippen molar-refractivity contribution in [1.82, 2.24) is 10.7 Å². The van der Waals surface area contributed by atoms with Crippen molar-refractivity contribution in [2.45, 2.75) is 82.7 Å². The van der Waals surface area contributed by atoms with Gasteiger partial charge in [0.05, 0.1) is 54.6 Å². The normalized spacial score (nSPS) is 24.3. The Hall–Kier alpha value is -2.01. The van der Waals surface area contributed by atoms with Crippen LogP contribution >= 0.6 is 15.9 Å². The summed E-state index contributed by atoms with van der Waals surface area (Å²) >= 11 is 3.12. The number of carbonyl (C=O) groups is 2. The van der Waals surface area contributed by atoms with Crippen LogP contribution in [-0.2, 0) is 19.1 Å². The zero-order valence-corrected chi connectivity index (χ0v) is 22.7. The molecule has 2 aliphatic heterocycles. The van der Waals surface area contributed by atoms with E-state index in [2.05, 4.69) is 31.8 Å². The van der Waals surface area contributed by atoms with Gasteiger partial charge in [-0.25, -0.2) is 5.43 Å². The lowest BCUT2D eigenvalue weighted by Crippen LogP contribution is -2.41. The smallest absolute Gasteiger partial charge is 0.242 e. The van der Waals surface area contributed by atoms with Gasteiger partial charge in [0.1, 0.15) is 5.75 Å². The Morgan fingerprint density at radius 3 is 2.58 bits per heavy atom. The van der Waals surface area contributed by atoms with Crippen molar-refractivity contribution in [2.75, 3.05) is 25.1 Å². The molecule has 2 aliphatic rings. The van der Waals surface area contributed by atoms with Crippen LogP contribution in [0.1, 0.15) is 64.4 Å². The second kappa shape index (κ2) is 14.1. The van der Waals surface area contributed by atoms with Gasteiger partial charge >= 0.3 is 0 Å². The molecule has 9 nitrogen and oxygen atoms in total. The van der Waals surface area contributed by atoms with Gasteiger partial charge in [-0.1, -0.05) is 15.9 Å². The monoisotopic (exact) mass is 567 g/mol. The van der Waals surface area contributed by atoms with Crippen molar-refractivity contribution in [3.63, 3.8) is 0 Å². The first-order chi connectivity index (χ1) is 17.3. The van der Waals surface area contributed by atoms with E-state index in [0.29, 0.717) is 43.6 Å². The van der Waals surface area contributed by atoms with E-state index >= 15 is 0 Å². The summed E-state index contributed by atoms with van der Waals surface area (Å²) in [4.78, 5) is 23.6. The number of halogens is 1. The van der Waals surface area contributed by atoms with E-state index in [1.54, 1.807) is 6.92 Å². The summed E-state index contributed by atoms with van der Waals surface area (Å²) in [6, 6.07) is 7.60. The number of amides is 2. The maximum atomic E-state index is 12.5. The van der Waals surface area contributed by atoms with Crippen LogP contribution in [0.25, 0.3) is 0 Å². The fraction of sp³-hybridized carbons (Fsp3) is 0.654. The molecular formula is C26H38BrN3O6. The van der Waals surface area contributed by atoms with Gasteiger partial charge in [-0.15, -0.1) is 0 Å². The number of rotatable bonds is 14. The maximum Gasteiger partial charge on any atom is 0.242 e. The van der Waals surface area contributed by atoms with E-state index in [0.717, 1.165) is 37.0 Å². The molecule has 1 aromatic carbocycles. The minimum Gasteiger partial charge on any atom is -0.494 e. The Labute approximate surface area is 221 Å². The number of hydrogen-bond acceptors (Lipinski definition) is 7. The first-order valence-electron chi connectivity index (χ1n) is 12.6. The Morgan fingerprint density at radius 2 is 1.92 bits per heavy atom. The first kappa shape index (κ1) is 28.6. The van der Waals surface area contributed by atoms with Crippen molar-refractivity contribution in [3.8, 4) is 5.75 Å². The van der Waals surface area contributed by atoms with Crippen LogP contribution in [-0.4, -0.2) is 71.6 Å². The van der Waals surface area contributed by atoms with Gasteiger partial charge in [0, 0.05) is 19.4 Å². The van der Waals surface area contributed by atoms with E-state index in [1.807, 2.05) is 31.2 Å². The number of epoxide rings is 1. The zero-order chi connectivity index (χ0) is 26.0. The van der Waals surface area contributed by atoms with Crippen LogP contribution in [0.2, 0.25) is 0 Å². The van der Waals surface area contributed by atoms with Crippen LogP contribution in [0.5, 0.6) is 5.75 Å². The molecular weight excluding hydrogens is 530 g/mol. The molecule has 200 valence electrons. The van der Waals surface area contributed by atoms with Crippen molar-refractivity contribution in [2.24, 2.45) is 5.10 Å². The summed E-state index contributed by atoms with van der Waals surface area (Å²) in [7, 11) is 0. The van der Waals surface area contributed by atoms with Gasteiger partial charge in [0.25, 0.3) is 0 Å². The molecule has 0 aromatic heterocycles. The number of hydrazone groups is 1. The minimum absolute atomic E-state index is 0.00615. The predicted octanol–water partition coefficient (Wildman–Crippen LogP) is 3.06. The third-order valence-corrected chi connectivity index (χ3v) is 6.82. The van der Waals surface area contributed by atoms with Crippen LogP contribution in [0.15, 0.2) is 29.4 Å². The summed E-state index contributed by atoms with van der Waals surface area (Å²) in [5.74, 6) is 0.576. The van der Waals surface area contributed by atoms with Gasteiger partial charge in [-0.05, 0) is 69.4 Å². The molecule has 36 heavy (non-hydrogen) atoms. The van der Waals surface area contributed by atoms with E-state index < -0.39 is 6.10 Å². The number of alkyl halides is 1. The van der Waals surface area contributed by atoms with E-state index in [-0.39, 0.29) is 36.0 Å². The lowest BCUT2D eigenvalue weighted by molar-refractivity contribution is -0.131. The van der Waals surface area contributed by atoms with Crippen LogP contribution in [0.4, 0.5) is 0 Å². The van der Waals surface area contributed by atoms with Gasteiger partial charge in [-0.3, -0.25) is 9.59 Å². The van der Waals surface area contributed by atoms with Gasteiger partial charge in [0.15, 0.2) is 0 Å². The Morgan fingerprint density at radius 1 is 1.19 bits per heavy atom. The third-order valence-electron chi connectivity index (χ3n) is 6.31. The molecule has 0 radical (unpaired) electrons. The fourth-order valence-electron chi connectivity index (χ4n) is 4.38. The summed E-state index contributed by atoms with van der Waals surface area (Å²) in [5.41, 5.74) is 4.03. The molecule has 2 saturated heterocycles. The molecule has 4 atom stereocenters. The molecule has 1 aromatic rings. The summed E-state index contributed by atoms with van der Waals surface area (Å²) in [5, 5.41) is 17.1. The number of hydrogen-bond donors (Lipinski definition) is 3. The van der Waals surface area contributed by atoms with Crippen LogP contribution in [0, 0.1) is 0 Å². The van der Waals surface area contributed by atoms with Crippen molar-refractivity contribution in [1.29, 1.82) is 0 Å². The number of nitrogens with zero attached hydrogens (tertiary/aromatic N) is 1. The second-order valence-electron chi connectivity index (χ2n) is 9.70. The zero-order valence-electron chi connectivity index (χ0n) is 21.1. The van der Waals surface area contributed by atoms with Crippen LogP contribution < -0.4 is 15.5 Å². The van der Waals surface area contributed by atoms with E-state index in [9.17, 15) is 14.7 Å². The van der Waals surface area contributed by atoms with Crippen LogP contribution in [0.3, 0.4) is 0 Å². The largest absolute Gasteiger partial charge is 0.494 e. The fourth-order valence-corrected chi connectivity index (χ4v) is 4.58. The standard InChI is InChI=1S/C26H38BrN3O6/c1-18(31)12-22-14-26(17-35-26)15-23(36-22)13-24(32)30-29-19(2)20-6-8-21(9-7-20)34-11-5-3-4-10-28-25(33)16-27/h6-9,18,22-23,31H,3-5,10-17H2,1-2H3,(H,28,33)(H,30,32)/b29-19+/t18?,22-,23-,26-/m1/s1. The molecule has 1 spiro atoms. The van der Waals surface area contributed by atoms with Gasteiger partial charge in [0.2, 0.25) is 11.8 Å². The van der Waals surface area contributed by atoms with Crippen molar-refractivity contribution < 1.29 is 28.9 Å². The maximum absolute atomic E-state index is 12.5. The second-order valence-corrected chi connectivity index (χ2v) is 10.3. The first-order valence-corrected chi connectivity index (χ1v) is 13.8. The van der Waals surface area contributed by atoms with Gasteiger partial charge in [-0.2, -0.15) is 5.10 Å². The molecule has 10 heteroatoms. The third kappa shape index (κ3) is 9.80. The molecule has 3 rings (SSSR count). The van der Waals surface area contributed by atoms with Crippen molar-refractivity contribution >= 4 is 33.5 Å². The predicted molar refractivity (Wildman–Crippen MR) is 140 cm³/mol. The average Bonchev–Trinajstić information content (AvgIpc) is 3.58. The Balaban J connectivity index is 1.36. The number of benzene rings is 1. The minimum atomic E-state index is -0.452. The SMILES string of the molecule is C/C(=N\NC(=O)C[C@@H]1C[C@@]2(CO2)C[C@@H](CC(C)O)O1)c1ccc(OCCCCCNC(=O)CBr)cc1. The summed E-state index contributed by atoms with van der Waals surface area (Å²) < 4.78 is 17.5. The quantitative estimate of drug-likeness (QED) is 0.104. The van der Waals surface area contributed by atoms with Crippen molar-refractivity contribution in [3.05, 3.63) is 29.8 Å². The molecule has 2 fully saturated rings. The topological polar surface area (TPSA) is 122 Å². The van der Waals surface area contributed by atoms with E-state index in [4.69, 9.17) is 14.2 Å². The van der Waals surface area contributed by atoms with E-state index in [1.165, 1.54) is 0 Å². The number of ether oxygens (including phenoxy) is 3. The highest BCUT2D eigenvalue weighted by Gasteiger charge is 2.51. The highest BCUT2D eigenvalue weighted by Crippen LogP contribution is 2.43. The number of nitrogens with one attached hydrogen (secondary N) is 2. The lowest BCUT2D eigenvalue weighted by Gasteiger charge is -2.34. The number of aliphatic hydroxyl groups excluding tert-OH is 1. The molecule has 0 bridgehead atoms. The highest BCUT2D eigenvalue weighted by molar-refractivity contribution is 9.09. The molecule has 1 unspecified atom stereocenters. The lowest BCUT2D eigenvalue weighted by atomic mass is 9.89. The summed E-state index contributed by atoms with van der Waals surface area (Å²) in [6.07, 6.45) is 4.22.